The molecule has 5 unspecified atom stereocenters. The van der Waals surface area contributed by atoms with Gasteiger partial charge in [-0.1, -0.05) is 0 Å². The number of hydrogen-bond donors (Lipinski definition) is 7. The van der Waals surface area contributed by atoms with Gasteiger partial charge < -0.3 is 50.0 Å². The zero-order valence-electron chi connectivity index (χ0n) is 12.5. The summed E-state index contributed by atoms with van der Waals surface area (Å²) in [5, 5.41) is 67.8. The van der Waals surface area contributed by atoms with Gasteiger partial charge in [0.05, 0.1) is 19.3 Å². The van der Waals surface area contributed by atoms with Gasteiger partial charge in [0, 0.05) is 0 Å². The van der Waals surface area contributed by atoms with E-state index in [0.29, 0.717) is 0 Å². The highest BCUT2D eigenvalue weighted by molar-refractivity contribution is 4.94. The minimum absolute atomic E-state index is 0.518. The van der Waals surface area contributed by atoms with Crippen molar-refractivity contribution in [3.05, 3.63) is 0 Å². The van der Waals surface area contributed by atoms with Crippen LogP contribution >= 0.6 is 0 Å². The molecule has 0 aromatic rings. The van der Waals surface area contributed by atoms with Crippen LogP contribution < -0.4 is 0 Å². The van der Waals surface area contributed by atoms with Gasteiger partial charge in [-0.3, -0.25) is 0 Å². The molecule has 2 rings (SSSR count). The zero-order valence-corrected chi connectivity index (χ0v) is 12.5. The van der Waals surface area contributed by atoms with Crippen molar-refractivity contribution in [2.75, 3.05) is 13.2 Å². The van der Waals surface area contributed by atoms with Crippen LogP contribution in [0, 0.1) is 0 Å². The van der Waals surface area contributed by atoms with Crippen molar-refractivity contribution in [2.24, 2.45) is 0 Å². The molecule has 10 atom stereocenters. The van der Waals surface area contributed by atoms with Crippen LogP contribution in [-0.4, -0.2) is 110 Å². The monoisotopic (exact) mass is 340 g/mol. The van der Waals surface area contributed by atoms with E-state index >= 15 is 0 Å². The molecular formula is C13H24O10. The van der Waals surface area contributed by atoms with Crippen LogP contribution in [0.4, 0.5) is 0 Å². The molecule has 2 heterocycles. The summed E-state index contributed by atoms with van der Waals surface area (Å²) >= 11 is 0. The first-order valence-corrected chi connectivity index (χ1v) is 7.40. The summed E-state index contributed by atoms with van der Waals surface area (Å²) in [5.74, 6) is 0. The molecular weight excluding hydrogens is 316 g/mol. The maximum Gasteiger partial charge on any atom is 0.187 e. The van der Waals surface area contributed by atoms with Gasteiger partial charge in [-0.15, -0.1) is 0 Å². The first kappa shape index (κ1) is 18.9. The topological polar surface area (TPSA) is 169 Å². The Hall–Kier alpha value is -0.400. The lowest BCUT2D eigenvalue weighted by Gasteiger charge is -2.45. The molecule has 0 radical (unpaired) electrons. The highest BCUT2D eigenvalue weighted by atomic mass is 16.7. The maximum atomic E-state index is 10.1. The van der Waals surface area contributed by atoms with Gasteiger partial charge in [0.1, 0.15) is 48.8 Å². The summed E-state index contributed by atoms with van der Waals surface area (Å²) in [6.45, 7) is 0.369. The lowest BCUT2D eigenvalue weighted by atomic mass is 9.95. The van der Waals surface area contributed by atoms with Crippen molar-refractivity contribution < 1.29 is 50.0 Å². The molecule has 0 saturated carbocycles. The minimum Gasteiger partial charge on any atom is -0.394 e. The molecule has 2 saturated heterocycles. The summed E-state index contributed by atoms with van der Waals surface area (Å²) in [7, 11) is 0. The second-order valence-corrected chi connectivity index (χ2v) is 5.84. The third-order valence-corrected chi connectivity index (χ3v) is 4.24. The van der Waals surface area contributed by atoms with E-state index < -0.39 is 74.4 Å². The number of aliphatic hydroxyl groups is 7. The highest BCUT2D eigenvalue weighted by Gasteiger charge is 2.49. The van der Waals surface area contributed by atoms with Crippen molar-refractivity contribution in [3.63, 3.8) is 0 Å². The third kappa shape index (κ3) is 3.66. The van der Waals surface area contributed by atoms with Crippen molar-refractivity contribution >= 4 is 0 Å². The largest absolute Gasteiger partial charge is 0.394 e. The fraction of sp³-hybridized carbons (Fsp3) is 1.00. The number of hydrogen-bond acceptors (Lipinski definition) is 10. The number of rotatable bonds is 4. The Labute approximate surface area is 132 Å². The van der Waals surface area contributed by atoms with E-state index in [1.165, 1.54) is 6.92 Å². The van der Waals surface area contributed by atoms with Crippen molar-refractivity contribution in [1.29, 1.82) is 0 Å². The molecule has 136 valence electrons. The lowest BCUT2D eigenvalue weighted by molar-refractivity contribution is -0.341. The Bertz CT molecular complexity index is 378. The second kappa shape index (κ2) is 7.66. The first-order chi connectivity index (χ1) is 10.8. The smallest absolute Gasteiger partial charge is 0.187 e. The quantitative estimate of drug-likeness (QED) is 0.265. The molecule has 0 aromatic heterocycles. The van der Waals surface area contributed by atoms with E-state index in [-0.39, 0.29) is 0 Å². The maximum absolute atomic E-state index is 10.1. The van der Waals surface area contributed by atoms with E-state index in [1.807, 2.05) is 0 Å². The highest BCUT2D eigenvalue weighted by Crippen LogP contribution is 2.28. The summed E-state index contributed by atoms with van der Waals surface area (Å²) in [4.78, 5) is 0. The molecule has 0 aliphatic carbocycles. The molecule has 2 fully saturated rings. The van der Waals surface area contributed by atoms with Crippen LogP contribution in [0.1, 0.15) is 6.92 Å². The van der Waals surface area contributed by atoms with Gasteiger partial charge in [0.2, 0.25) is 0 Å². The van der Waals surface area contributed by atoms with Crippen LogP contribution in [0.15, 0.2) is 0 Å². The Morgan fingerprint density at radius 3 is 1.91 bits per heavy atom. The Morgan fingerprint density at radius 1 is 0.739 bits per heavy atom. The first-order valence-electron chi connectivity index (χ1n) is 7.40. The van der Waals surface area contributed by atoms with E-state index in [1.54, 1.807) is 0 Å². The third-order valence-electron chi connectivity index (χ3n) is 4.24. The molecule has 23 heavy (non-hydrogen) atoms. The molecule has 2 aliphatic heterocycles. The summed E-state index contributed by atoms with van der Waals surface area (Å²) < 4.78 is 15.9. The van der Waals surface area contributed by atoms with Gasteiger partial charge in [0.25, 0.3) is 0 Å². The molecule has 7 N–H and O–H groups in total. The predicted octanol–water partition coefficient (Wildman–Crippen LogP) is -4.33. The van der Waals surface area contributed by atoms with Gasteiger partial charge >= 0.3 is 0 Å². The van der Waals surface area contributed by atoms with Crippen LogP contribution in [0.25, 0.3) is 0 Å². The molecule has 0 bridgehead atoms. The molecule has 10 heteroatoms. The Morgan fingerprint density at radius 2 is 1.35 bits per heavy atom. The predicted molar refractivity (Wildman–Crippen MR) is 72.1 cm³/mol. The van der Waals surface area contributed by atoms with E-state index in [0.717, 1.165) is 0 Å². The Balaban J connectivity index is 2.11. The molecule has 0 aromatic carbocycles. The number of aliphatic hydroxyl groups excluding tert-OH is 7. The lowest BCUT2D eigenvalue weighted by Crippen LogP contribution is -2.64. The second-order valence-electron chi connectivity index (χ2n) is 5.84. The fourth-order valence-corrected chi connectivity index (χ4v) is 2.78. The molecule has 2 aliphatic rings. The van der Waals surface area contributed by atoms with Gasteiger partial charge in [-0.05, 0) is 6.92 Å². The van der Waals surface area contributed by atoms with E-state index in [2.05, 4.69) is 0 Å². The molecule has 0 amide bonds. The minimum atomic E-state index is -1.66. The summed E-state index contributed by atoms with van der Waals surface area (Å²) in [6.07, 6.45) is -13.2. The van der Waals surface area contributed by atoms with Crippen molar-refractivity contribution in [2.45, 2.75) is 68.1 Å². The fourth-order valence-electron chi connectivity index (χ4n) is 2.78. The normalized spacial score (nSPS) is 51.7. The SMILES string of the molecule is CC1OC(CO)[C@@H](O[C@@H]2OC(CO)[C@@H](O)C(O)[C@@H]2O)C(O)[C@@H]1O. The summed E-state index contributed by atoms with van der Waals surface area (Å²) in [5.41, 5.74) is 0. The van der Waals surface area contributed by atoms with E-state index in [4.69, 9.17) is 19.3 Å². The average molecular weight is 340 g/mol. The summed E-state index contributed by atoms with van der Waals surface area (Å²) in [6, 6.07) is 0. The van der Waals surface area contributed by atoms with E-state index in [9.17, 15) is 30.6 Å². The van der Waals surface area contributed by atoms with Crippen molar-refractivity contribution in [1.82, 2.24) is 0 Å². The van der Waals surface area contributed by atoms with Crippen LogP contribution in [0.5, 0.6) is 0 Å². The molecule has 10 nitrogen and oxygen atoms in total. The van der Waals surface area contributed by atoms with Crippen LogP contribution in [-0.2, 0) is 14.2 Å². The standard InChI is InChI=1S/C13H24O10/c1-4-7(16)10(19)12(6(3-15)21-4)23-13-11(20)9(18)8(17)5(2-14)22-13/h4-20H,2-3H2,1H3/t4?,5?,6?,7-,8-,9?,10?,11+,12-,13+/m1/s1. The zero-order chi connectivity index (χ0) is 17.3. The van der Waals surface area contributed by atoms with Gasteiger partial charge in [0.15, 0.2) is 6.29 Å². The van der Waals surface area contributed by atoms with Gasteiger partial charge in [-0.25, -0.2) is 0 Å². The van der Waals surface area contributed by atoms with Gasteiger partial charge in [-0.2, -0.15) is 0 Å². The number of ether oxygens (including phenoxy) is 3. The van der Waals surface area contributed by atoms with Crippen molar-refractivity contribution in [3.8, 4) is 0 Å². The molecule has 0 spiro atoms. The Kier molecular flexibility index (Phi) is 6.30. The average Bonchev–Trinajstić information content (AvgIpc) is 2.55. The van der Waals surface area contributed by atoms with Crippen LogP contribution in [0.3, 0.4) is 0 Å². The van der Waals surface area contributed by atoms with Crippen LogP contribution in [0.2, 0.25) is 0 Å².